The monoisotopic (exact) mass is 267 g/mol. The van der Waals surface area contributed by atoms with Gasteiger partial charge in [-0.1, -0.05) is 6.92 Å². The lowest BCUT2D eigenvalue weighted by atomic mass is 9.74. The molecular formula is C16H29NO2. The zero-order valence-corrected chi connectivity index (χ0v) is 12.7. The van der Waals surface area contributed by atoms with Crippen molar-refractivity contribution in [2.45, 2.75) is 64.0 Å². The van der Waals surface area contributed by atoms with Gasteiger partial charge in [-0.05, 0) is 64.5 Å². The van der Waals surface area contributed by atoms with Gasteiger partial charge in [0.05, 0.1) is 18.2 Å². The van der Waals surface area contributed by atoms with Crippen LogP contribution in [0.3, 0.4) is 0 Å². The number of rotatable bonds is 5. The van der Waals surface area contributed by atoms with E-state index in [0.29, 0.717) is 0 Å². The maximum Gasteiger partial charge on any atom is 0.112 e. The molecule has 1 aliphatic carbocycles. The fourth-order valence-corrected chi connectivity index (χ4v) is 3.50. The first-order valence-corrected chi connectivity index (χ1v) is 7.86. The average Bonchev–Trinajstić information content (AvgIpc) is 2.44. The molecule has 3 nitrogen and oxygen atoms in total. The maximum absolute atomic E-state index is 6.24. The highest BCUT2D eigenvalue weighted by molar-refractivity contribution is 5.14. The van der Waals surface area contributed by atoms with Crippen LogP contribution in [-0.2, 0) is 9.47 Å². The third-order valence-electron chi connectivity index (χ3n) is 4.61. The summed E-state index contributed by atoms with van der Waals surface area (Å²) in [5, 5.41) is 3.46. The Kier molecular flexibility index (Phi) is 5.28. The molecule has 1 saturated carbocycles. The molecule has 0 amide bonds. The molecular weight excluding hydrogens is 238 g/mol. The molecule has 0 spiro atoms. The first-order valence-electron chi connectivity index (χ1n) is 7.86. The van der Waals surface area contributed by atoms with Crippen molar-refractivity contribution in [3.8, 4) is 0 Å². The molecule has 1 aliphatic heterocycles. The Morgan fingerprint density at radius 3 is 2.74 bits per heavy atom. The Balaban J connectivity index is 2.17. The van der Waals surface area contributed by atoms with Crippen molar-refractivity contribution in [2.75, 3.05) is 20.3 Å². The molecule has 0 aromatic carbocycles. The number of likely N-dealkylation sites (N-methyl/N-ethyl adjacent to an activating group) is 1. The van der Waals surface area contributed by atoms with Gasteiger partial charge in [-0.15, -0.1) is 0 Å². The molecule has 1 fully saturated rings. The molecule has 3 heteroatoms. The van der Waals surface area contributed by atoms with Gasteiger partial charge in [0.15, 0.2) is 0 Å². The highest BCUT2D eigenvalue weighted by Crippen LogP contribution is 2.40. The second-order valence-electron chi connectivity index (χ2n) is 6.00. The number of hydrogen-bond acceptors (Lipinski definition) is 3. The molecule has 2 aliphatic rings. The molecule has 0 aromatic heterocycles. The lowest BCUT2D eigenvalue weighted by Crippen LogP contribution is -2.55. The van der Waals surface area contributed by atoms with Gasteiger partial charge in [-0.25, -0.2) is 0 Å². The predicted octanol–water partition coefficient (Wildman–Crippen LogP) is 3.25. The van der Waals surface area contributed by atoms with Gasteiger partial charge in [0, 0.05) is 6.61 Å². The molecule has 1 heterocycles. The summed E-state index contributed by atoms with van der Waals surface area (Å²) in [5.41, 5.74) is -0.0703. The van der Waals surface area contributed by atoms with E-state index < -0.39 is 0 Å². The molecule has 19 heavy (non-hydrogen) atoms. The number of hydrogen-bond donors (Lipinski definition) is 1. The van der Waals surface area contributed by atoms with Crippen molar-refractivity contribution >= 4 is 0 Å². The van der Waals surface area contributed by atoms with Crippen LogP contribution in [0.1, 0.15) is 52.4 Å². The first-order chi connectivity index (χ1) is 9.22. The van der Waals surface area contributed by atoms with E-state index in [9.17, 15) is 0 Å². The van der Waals surface area contributed by atoms with E-state index in [2.05, 4.69) is 25.2 Å². The van der Waals surface area contributed by atoms with Gasteiger partial charge in [-0.2, -0.15) is 0 Å². The largest absolute Gasteiger partial charge is 0.496 e. The zero-order valence-electron chi connectivity index (χ0n) is 12.7. The summed E-state index contributed by atoms with van der Waals surface area (Å²) in [6.45, 7) is 6.08. The molecule has 1 unspecified atom stereocenters. The molecule has 2 rings (SSSR count). The Morgan fingerprint density at radius 2 is 2.21 bits per heavy atom. The first kappa shape index (κ1) is 14.9. The van der Waals surface area contributed by atoms with Gasteiger partial charge < -0.3 is 14.8 Å². The standard InChI is InChI=1S/C16H29NO2/c1-4-19-16(10-8-13(2)9-11-16)15(17-3)14-7-5-6-12-18-14/h7,13,15,17H,4-6,8-12H2,1-3H3. The average molecular weight is 267 g/mol. The molecule has 110 valence electrons. The molecule has 0 bridgehead atoms. The summed E-state index contributed by atoms with van der Waals surface area (Å²) >= 11 is 0. The summed E-state index contributed by atoms with van der Waals surface area (Å²) in [5.74, 6) is 1.93. The van der Waals surface area contributed by atoms with Crippen LogP contribution in [0.25, 0.3) is 0 Å². The van der Waals surface area contributed by atoms with Crippen LogP contribution in [0.5, 0.6) is 0 Å². The van der Waals surface area contributed by atoms with Gasteiger partial charge in [0.25, 0.3) is 0 Å². The maximum atomic E-state index is 6.24. The SMILES string of the molecule is CCOC1(C(NC)C2=CCCCO2)CCC(C)CC1. The van der Waals surface area contributed by atoms with Crippen LogP contribution < -0.4 is 5.32 Å². The Morgan fingerprint density at radius 1 is 1.47 bits per heavy atom. The Bertz CT molecular complexity index is 306. The Labute approximate surface area is 117 Å². The molecule has 1 N–H and O–H groups in total. The van der Waals surface area contributed by atoms with Crippen molar-refractivity contribution in [3.63, 3.8) is 0 Å². The second-order valence-corrected chi connectivity index (χ2v) is 6.00. The Hall–Kier alpha value is -0.540. The number of ether oxygens (including phenoxy) is 2. The summed E-state index contributed by atoms with van der Waals surface area (Å²) in [6.07, 6.45) is 9.30. The number of allylic oxidation sites excluding steroid dienone is 1. The smallest absolute Gasteiger partial charge is 0.112 e. The van der Waals surface area contributed by atoms with Crippen LogP contribution in [-0.4, -0.2) is 31.9 Å². The van der Waals surface area contributed by atoms with E-state index in [0.717, 1.165) is 50.6 Å². The minimum absolute atomic E-state index is 0.0703. The number of nitrogens with one attached hydrogen (secondary N) is 1. The molecule has 0 radical (unpaired) electrons. The van der Waals surface area contributed by atoms with Crippen molar-refractivity contribution < 1.29 is 9.47 Å². The van der Waals surface area contributed by atoms with Crippen LogP contribution >= 0.6 is 0 Å². The van der Waals surface area contributed by atoms with Crippen LogP contribution in [0.4, 0.5) is 0 Å². The minimum atomic E-state index is -0.0703. The molecule has 0 saturated heterocycles. The highest BCUT2D eigenvalue weighted by Gasteiger charge is 2.44. The fourth-order valence-electron chi connectivity index (χ4n) is 3.50. The summed E-state index contributed by atoms with van der Waals surface area (Å²) < 4.78 is 12.1. The van der Waals surface area contributed by atoms with Crippen LogP contribution in [0.2, 0.25) is 0 Å². The third kappa shape index (κ3) is 3.32. The molecule has 1 atom stereocenters. The topological polar surface area (TPSA) is 30.5 Å². The van der Waals surface area contributed by atoms with Gasteiger partial charge in [-0.3, -0.25) is 0 Å². The lowest BCUT2D eigenvalue weighted by molar-refractivity contribution is -0.0971. The van der Waals surface area contributed by atoms with E-state index in [-0.39, 0.29) is 11.6 Å². The second kappa shape index (κ2) is 6.76. The van der Waals surface area contributed by atoms with E-state index in [1.54, 1.807) is 0 Å². The van der Waals surface area contributed by atoms with E-state index >= 15 is 0 Å². The summed E-state index contributed by atoms with van der Waals surface area (Å²) in [7, 11) is 2.03. The van der Waals surface area contributed by atoms with Gasteiger partial charge in [0.1, 0.15) is 5.76 Å². The van der Waals surface area contributed by atoms with Gasteiger partial charge >= 0.3 is 0 Å². The predicted molar refractivity (Wildman–Crippen MR) is 78.1 cm³/mol. The normalized spacial score (nSPS) is 33.4. The summed E-state index contributed by atoms with van der Waals surface area (Å²) in [4.78, 5) is 0. The lowest BCUT2D eigenvalue weighted by Gasteiger charge is -2.45. The fraction of sp³-hybridized carbons (Fsp3) is 0.875. The van der Waals surface area contributed by atoms with E-state index in [1.165, 1.54) is 12.8 Å². The van der Waals surface area contributed by atoms with Crippen LogP contribution in [0.15, 0.2) is 11.8 Å². The quantitative estimate of drug-likeness (QED) is 0.829. The highest BCUT2D eigenvalue weighted by atomic mass is 16.5. The van der Waals surface area contributed by atoms with Crippen molar-refractivity contribution in [2.24, 2.45) is 5.92 Å². The summed E-state index contributed by atoms with van der Waals surface area (Å²) in [6, 6.07) is 0.209. The van der Waals surface area contributed by atoms with Crippen LogP contribution in [0, 0.1) is 5.92 Å². The van der Waals surface area contributed by atoms with Crippen molar-refractivity contribution in [1.82, 2.24) is 5.32 Å². The minimum Gasteiger partial charge on any atom is -0.496 e. The zero-order chi connectivity index (χ0) is 13.7. The van der Waals surface area contributed by atoms with Gasteiger partial charge in [0.2, 0.25) is 0 Å². The van der Waals surface area contributed by atoms with Crippen molar-refractivity contribution in [1.29, 1.82) is 0 Å². The third-order valence-corrected chi connectivity index (χ3v) is 4.61. The van der Waals surface area contributed by atoms with Crippen molar-refractivity contribution in [3.05, 3.63) is 11.8 Å². The van der Waals surface area contributed by atoms with E-state index in [4.69, 9.17) is 9.47 Å². The molecule has 0 aromatic rings. The van der Waals surface area contributed by atoms with E-state index in [1.807, 2.05) is 7.05 Å².